The minimum Gasteiger partial charge on any atom is -0.467 e. The Morgan fingerprint density at radius 1 is 1.09 bits per heavy atom. The van der Waals surface area contributed by atoms with Crippen molar-refractivity contribution in [2.45, 2.75) is 25.3 Å². The molecule has 118 valence electrons. The molecule has 1 atom stereocenters. The number of benzene rings is 2. The van der Waals surface area contributed by atoms with Gasteiger partial charge in [-0.25, -0.2) is 4.79 Å². The van der Waals surface area contributed by atoms with Gasteiger partial charge < -0.3 is 9.47 Å². The predicted octanol–water partition coefficient (Wildman–Crippen LogP) is 3.85. The molecule has 0 aliphatic carbocycles. The Labute approximate surface area is 125 Å². The number of hydrogen-bond acceptors (Lipinski definition) is 3. The SMILES string of the molecule is COC(=O)C(C)(OCc1ccc2ccccc2c1)C(F)(F)F. The van der Waals surface area contributed by atoms with E-state index in [4.69, 9.17) is 4.74 Å². The summed E-state index contributed by atoms with van der Waals surface area (Å²) in [7, 11) is 0.895. The predicted molar refractivity (Wildman–Crippen MR) is 75.2 cm³/mol. The lowest BCUT2D eigenvalue weighted by Gasteiger charge is -2.29. The second-order valence-electron chi connectivity index (χ2n) is 4.99. The molecule has 0 aliphatic heterocycles. The van der Waals surface area contributed by atoms with Crippen LogP contribution in [0.15, 0.2) is 42.5 Å². The number of rotatable bonds is 4. The molecule has 0 radical (unpaired) electrons. The van der Waals surface area contributed by atoms with E-state index in [0.717, 1.165) is 17.9 Å². The van der Waals surface area contributed by atoms with Crippen molar-refractivity contribution >= 4 is 16.7 Å². The van der Waals surface area contributed by atoms with Gasteiger partial charge in [0.2, 0.25) is 0 Å². The third kappa shape index (κ3) is 3.06. The minimum atomic E-state index is -4.86. The van der Waals surface area contributed by atoms with Crippen LogP contribution >= 0.6 is 0 Å². The number of carbonyl (C=O) groups excluding carboxylic acids is 1. The Kier molecular flexibility index (Phi) is 4.42. The molecule has 0 spiro atoms. The van der Waals surface area contributed by atoms with Gasteiger partial charge in [-0.05, 0) is 29.3 Å². The van der Waals surface area contributed by atoms with E-state index in [0.29, 0.717) is 12.5 Å². The van der Waals surface area contributed by atoms with Crippen molar-refractivity contribution in [1.82, 2.24) is 0 Å². The summed E-state index contributed by atoms with van der Waals surface area (Å²) in [6.45, 7) is 0.315. The van der Waals surface area contributed by atoms with Crippen molar-refractivity contribution in [3.05, 3.63) is 48.0 Å². The average molecular weight is 312 g/mol. The van der Waals surface area contributed by atoms with Gasteiger partial charge in [0.25, 0.3) is 5.60 Å². The summed E-state index contributed by atoms with van der Waals surface area (Å²) in [5.74, 6) is -1.47. The molecule has 0 aromatic heterocycles. The van der Waals surface area contributed by atoms with E-state index in [1.54, 1.807) is 18.2 Å². The van der Waals surface area contributed by atoms with E-state index in [1.165, 1.54) is 0 Å². The Morgan fingerprint density at radius 3 is 2.32 bits per heavy atom. The Balaban J connectivity index is 2.22. The van der Waals surface area contributed by atoms with E-state index in [-0.39, 0.29) is 6.61 Å². The van der Waals surface area contributed by atoms with Gasteiger partial charge in [0, 0.05) is 0 Å². The van der Waals surface area contributed by atoms with Crippen molar-refractivity contribution in [2.75, 3.05) is 7.11 Å². The van der Waals surface area contributed by atoms with Crippen molar-refractivity contribution in [1.29, 1.82) is 0 Å². The molecule has 2 rings (SSSR count). The maximum atomic E-state index is 13.1. The first-order valence-corrected chi connectivity index (χ1v) is 6.55. The van der Waals surface area contributed by atoms with Gasteiger partial charge in [0.1, 0.15) is 0 Å². The number of carbonyl (C=O) groups is 1. The fourth-order valence-electron chi connectivity index (χ4n) is 2.01. The number of fused-ring (bicyclic) bond motifs is 1. The van der Waals surface area contributed by atoms with E-state index < -0.39 is 17.7 Å². The Hall–Kier alpha value is -2.08. The Morgan fingerprint density at radius 2 is 1.73 bits per heavy atom. The molecule has 0 saturated carbocycles. The molecule has 3 nitrogen and oxygen atoms in total. The highest BCUT2D eigenvalue weighted by atomic mass is 19.4. The minimum absolute atomic E-state index is 0.351. The largest absolute Gasteiger partial charge is 0.467 e. The highest BCUT2D eigenvalue weighted by Crippen LogP contribution is 2.35. The van der Waals surface area contributed by atoms with E-state index in [2.05, 4.69) is 4.74 Å². The molecular weight excluding hydrogens is 297 g/mol. The summed E-state index contributed by atoms with van der Waals surface area (Å²) in [6, 6.07) is 12.6. The van der Waals surface area contributed by atoms with Crippen LogP contribution in [0.4, 0.5) is 13.2 Å². The standard InChI is InChI=1S/C16H15F3O3/c1-15(14(20)21-2,16(17,18)19)22-10-11-7-8-12-5-3-4-6-13(12)9-11/h3-9H,10H2,1-2H3. The molecule has 6 heteroatoms. The van der Waals surface area contributed by atoms with Crippen LogP contribution in [-0.2, 0) is 20.9 Å². The zero-order chi connectivity index (χ0) is 16.4. The van der Waals surface area contributed by atoms with Crippen molar-refractivity contribution < 1.29 is 27.4 Å². The van der Waals surface area contributed by atoms with Crippen molar-refractivity contribution in [2.24, 2.45) is 0 Å². The molecule has 0 heterocycles. The molecule has 0 fully saturated rings. The molecule has 22 heavy (non-hydrogen) atoms. The lowest BCUT2D eigenvalue weighted by Crippen LogP contribution is -2.52. The van der Waals surface area contributed by atoms with Gasteiger partial charge in [0.15, 0.2) is 0 Å². The monoisotopic (exact) mass is 312 g/mol. The van der Waals surface area contributed by atoms with Crippen LogP contribution in [0.3, 0.4) is 0 Å². The highest BCUT2D eigenvalue weighted by molar-refractivity contribution is 5.83. The lowest BCUT2D eigenvalue weighted by atomic mass is 10.1. The molecule has 0 aliphatic rings. The van der Waals surface area contributed by atoms with Gasteiger partial charge in [0.05, 0.1) is 13.7 Å². The summed E-state index contributed by atoms with van der Waals surface area (Å²) in [5, 5.41) is 1.85. The number of hydrogen-bond donors (Lipinski definition) is 0. The average Bonchev–Trinajstić information content (AvgIpc) is 2.50. The van der Waals surface area contributed by atoms with Crippen LogP contribution in [0.1, 0.15) is 12.5 Å². The molecule has 0 bridgehead atoms. The zero-order valence-electron chi connectivity index (χ0n) is 12.1. The number of methoxy groups -OCH3 is 1. The number of ether oxygens (including phenoxy) is 2. The lowest BCUT2D eigenvalue weighted by molar-refractivity contribution is -0.273. The van der Waals surface area contributed by atoms with Crippen LogP contribution < -0.4 is 0 Å². The first-order valence-electron chi connectivity index (χ1n) is 6.55. The van der Waals surface area contributed by atoms with Crippen LogP contribution in [0, 0.1) is 0 Å². The van der Waals surface area contributed by atoms with Crippen molar-refractivity contribution in [3.8, 4) is 0 Å². The highest BCUT2D eigenvalue weighted by Gasteiger charge is 2.59. The van der Waals surface area contributed by atoms with Crippen molar-refractivity contribution in [3.63, 3.8) is 0 Å². The van der Waals surface area contributed by atoms with E-state index in [1.807, 2.05) is 24.3 Å². The first-order chi connectivity index (χ1) is 10.3. The van der Waals surface area contributed by atoms with E-state index >= 15 is 0 Å². The number of esters is 1. The third-order valence-corrected chi connectivity index (χ3v) is 3.46. The zero-order valence-corrected chi connectivity index (χ0v) is 12.1. The van der Waals surface area contributed by atoms with Gasteiger partial charge in [-0.15, -0.1) is 0 Å². The summed E-state index contributed by atoms with van der Waals surface area (Å²) >= 11 is 0. The van der Waals surface area contributed by atoms with Gasteiger partial charge in [-0.3, -0.25) is 0 Å². The molecular formula is C16H15F3O3. The Bertz CT molecular complexity index is 682. The fourth-order valence-corrected chi connectivity index (χ4v) is 2.01. The van der Waals surface area contributed by atoms with Gasteiger partial charge in [-0.1, -0.05) is 36.4 Å². The normalized spacial score (nSPS) is 14.6. The van der Waals surface area contributed by atoms with Crippen LogP contribution in [0.2, 0.25) is 0 Å². The fraction of sp³-hybridized carbons (Fsp3) is 0.312. The summed E-state index contributed by atoms with van der Waals surface area (Å²) in [5.41, 5.74) is -2.45. The smallest absolute Gasteiger partial charge is 0.428 e. The molecule has 2 aromatic carbocycles. The van der Waals surface area contributed by atoms with Crippen LogP contribution in [0.25, 0.3) is 10.8 Å². The second kappa shape index (κ2) is 5.96. The van der Waals surface area contributed by atoms with Crippen LogP contribution in [-0.4, -0.2) is 24.9 Å². The topological polar surface area (TPSA) is 35.5 Å². The second-order valence-corrected chi connectivity index (χ2v) is 4.99. The van der Waals surface area contributed by atoms with Gasteiger partial charge >= 0.3 is 12.1 Å². The summed E-state index contributed by atoms with van der Waals surface area (Å²) in [6.07, 6.45) is -4.86. The number of alkyl halides is 3. The van der Waals surface area contributed by atoms with E-state index in [9.17, 15) is 18.0 Å². The summed E-state index contributed by atoms with van der Waals surface area (Å²) < 4.78 is 48.3. The first kappa shape index (κ1) is 16.3. The molecule has 0 N–H and O–H groups in total. The molecule has 0 amide bonds. The maximum absolute atomic E-state index is 13.1. The van der Waals surface area contributed by atoms with Crippen LogP contribution in [0.5, 0.6) is 0 Å². The van der Waals surface area contributed by atoms with Gasteiger partial charge in [-0.2, -0.15) is 13.2 Å². The number of halogens is 3. The molecule has 1 unspecified atom stereocenters. The maximum Gasteiger partial charge on any atom is 0.428 e. The summed E-state index contributed by atoms with van der Waals surface area (Å²) in [4.78, 5) is 11.4. The molecule has 2 aromatic rings. The third-order valence-electron chi connectivity index (χ3n) is 3.46. The quantitative estimate of drug-likeness (QED) is 0.804. The molecule has 0 saturated heterocycles.